The van der Waals surface area contributed by atoms with Crippen molar-refractivity contribution >= 4 is 34.0 Å². The average molecular weight is 382 g/mol. The second kappa shape index (κ2) is 6.69. The Morgan fingerprint density at radius 3 is 2.65 bits per heavy atom. The first-order valence-electron chi connectivity index (χ1n) is 6.30. The topological polar surface area (TPSA) is 55.2 Å². The zero-order valence-electron chi connectivity index (χ0n) is 11.1. The quantitative estimate of drug-likeness (QED) is 0.480. The van der Waals surface area contributed by atoms with E-state index in [1.165, 1.54) is 17.2 Å². The number of nitrogens with zero attached hydrogens (tertiary/aromatic N) is 1. The lowest BCUT2D eigenvalue weighted by molar-refractivity contribution is -0.385. The molecule has 0 spiro atoms. The highest BCUT2D eigenvalue weighted by molar-refractivity contribution is 14.1. The smallest absolute Gasteiger partial charge is 0.282 e. The van der Waals surface area contributed by atoms with Crippen molar-refractivity contribution in [1.29, 1.82) is 0 Å². The van der Waals surface area contributed by atoms with Gasteiger partial charge >= 0.3 is 0 Å². The summed E-state index contributed by atoms with van der Waals surface area (Å²) in [5.41, 5.74) is 3.66. The molecule has 0 heterocycles. The van der Waals surface area contributed by atoms with Gasteiger partial charge in [0.1, 0.15) is 0 Å². The summed E-state index contributed by atoms with van der Waals surface area (Å²) in [5.74, 6) is 0. The summed E-state index contributed by atoms with van der Waals surface area (Å²) in [6, 6.07) is 13.4. The molecule has 104 valence electrons. The molecule has 0 aliphatic rings. The molecule has 0 aliphatic carbocycles. The molecular weight excluding hydrogens is 367 g/mol. The van der Waals surface area contributed by atoms with Gasteiger partial charge in [-0.3, -0.25) is 10.1 Å². The van der Waals surface area contributed by atoms with Crippen LogP contribution >= 0.6 is 22.6 Å². The van der Waals surface area contributed by atoms with Gasteiger partial charge in [-0.05, 0) is 59.2 Å². The Hall–Kier alpha value is -1.63. The van der Waals surface area contributed by atoms with E-state index in [2.05, 4.69) is 24.4 Å². The van der Waals surface area contributed by atoms with Crippen LogP contribution in [-0.4, -0.2) is 11.5 Å². The first-order valence-corrected chi connectivity index (χ1v) is 7.38. The van der Waals surface area contributed by atoms with Crippen molar-refractivity contribution in [1.82, 2.24) is 0 Å². The van der Waals surface area contributed by atoms with Gasteiger partial charge in [-0.1, -0.05) is 24.3 Å². The third-order valence-electron chi connectivity index (χ3n) is 3.13. The Labute approximate surface area is 131 Å². The Morgan fingerprint density at radius 1 is 1.25 bits per heavy atom. The first-order chi connectivity index (χ1) is 9.58. The second-order valence-corrected chi connectivity index (χ2v) is 5.69. The van der Waals surface area contributed by atoms with Crippen LogP contribution in [0.5, 0.6) is 0 Å². The minimum absolute atomic E-state index is 0.148. The summed E-state index contributed by atoms with van der Waals surface area (Å²) >= 11 is 1.99. The van der Waals surface area contributed by atoms with Crippen LogP contribution in [0.4, 0.5) is 11.4 Å². The number of halogens is 1. The lowest BCUT2D eigenvalue weighted by atomic mass is 10.1. The summed E-state index contributed by atoms with van der Waals surface area (Å²) in [7, 11) is 0. The van der Waals surface area contributed by atoms with Crippen LogP contribution in [0.1, 0.15) is 11.1 Å². The molecule has 0 aliphatic heterocycles. The van der Waals surface area contributed by atoms with E-state index in [1.54, 1.807) is 12.1 Å². The maximum atomic E-state index is 10.7. The predicted molar refractivity (Wildman–Crippen MR) is 89.2 cm³/mol. The van der Waals surface area contributed by atoms with Gasteiger partial charge in [0.05, 0.1) is 8.49 Å². The third kappa shape index (κ3) is 3.69. The zero-order chi connectivity index (χ0) is 14.5. The maximum absolute atomic E-state index is 10.7. The number of nitro benzene ring substituents is 1. The standard InChI is InChI=1S/C15H15IN2O2/c1-11-4-2-3-5-12(11)8-9-17-13-6-7-15(18(19)20)14(16)10-13/h2-7,10,17H,8-9H2,1H3. The molecule has 0 atom stereocenters. The van der Waals surface area contributed by atoms with Crippen LogP contribution in [0, 0.1) is 20.6 Å². The fourth-order valence-corrected chi connectivity index (χ4v) is 2.71. The first kappa shape index (κ1) is 14.8. The Morgan fingerprint density at radius 2 is 2.00 bits per heavy atom. The predicted octanol–water partition coefficient (Wildman–Crippen LogP) is 4.16. The van der Waals surface area contributed by atoms with E-state index in [9.17, 15) is 10.1 Å². The molecule has 2 aromatic rings. The van der Waals surface area contributed by atoms with Gasteiger partial charge in [0, 0.05) is 18.3 Å². The number of nitro groups is 1. The van der Waals surface area contributed by atoms with Gasteiger partial charge in [-0.2, -0.15) is 0 Å². The number of hydrogen-bond donors (Lipinski definition) is 1. The van der Waals surface area contributed by atoms with Crippen LogP contribution in [0.3, 0.4) is 0 Å². The third-order valence-corrected chi connectivity index (χ3v) is 3.99. The van der Waals surface area contributed by atoms with Crippen molar-refractivity contribution in [3.8, 4) is 0 Å². The number of benzene rings is 2. The van der Waals surface area contributed by atoms with E-state index >= 15 is 0 Å². The van der Waals surface area contributed by atoms with E-state index in [-0.39, 0.29) is 10.6 Å². The molecule has 0 unspecified atom stereocenters. The highest BCUT2D eigenvalue weighted by Gasteiger charge is 2.11. The van der Waals surface area contributed by atoms with Gasteiger partial charge in [-0.15, -0.1) is 0 Å². The normalized spacial score (nSPS) is 10.3. The van der Waals surface area contributed by atoms with Gasteiger partial charge in [0.25, 0.3) is 5.69 Å². The molecule has 0 amide bonds. The average Bonchev–Trinajstić information content (AvgIpc) is 2.40. The van der Waals surface area contributed by atoms with Gasteiger partial charge in [0.2, 0.25) is 0 Å². The second-order valence-electron chi connectivity index (χ2n) is 4.53. The molecule has 0 saturated carbocycles. The fourth-order valence-electron chi connectivity index (χ4n) is 2.00. The minimum atomic E-state index is -0.362. The molecule has 0 aromatic heterocycles. The molecule has 1 N–H and O–H groups in total. The van der Waals surface area contributed by atoms with Crippen molar-refractivity contribution in [3.63, 3.8) is 0 Å². The van der Waals surface area contributed by atoms with E-state index in [1.807, 2.05) is 34.7 Å². The van der Waals surface area contributed by atoms with Crippen LogP contribution in [0.2, 0.25) is 0 Å². The summed E-state index contributed by atoms with van der Waals surface area (Å²) in [6.45, 7) is 2.91. The van der Waals surface area contributed by atoms with Gasteiger partial charge < -0.3 is 5.32 Å². The van der Waals surface area contributed by atoms with Crippen molar-refractivity contribution < 1.29 is 4.92 Å². The van der Waals surface area contributed by atoms with Crippen LogP contribution in [0.25, 0.3) is 0 Å². The number of aryl methyl sites for hydroxylation is 1. The van der Waals surface area contributed by atoms with E-state index in [0.717, 1.165) is 18.7 Å². The summed E-state index contributed by atoms with van der Waals surface area (Å²) in [4.78, 5) is 10.4. The largest absolute Gasteiger partial charge is 0.385 e. The summed E-state index contributed by atoms with van der Waals surface area (Å²) in [6.07, 6.45) is 0.931. The number of nitrogens with one attached hydrogen (secondary N) is 1. The molecule has 0 bridgehead atoms. The molecule has 0 saturated heterocycles. The van der Waals surface area contributed by atoms with Crippen LogP contribution in [-0.2, 0) is 6.42 Å². The van der Waals surface area contributed by atoms with Crippen molar-refractivity contribution in [3.05, 3.63) is 67.3 Å². The van der Waals surface area contributed by atoms with Gasteiger partial charge in [-0.25, -0.2) is 0 Å². The maximum Gasteiger partial charge on any atom is 0.282 e. The molecule has 2 rings (SSSR count). The Kier molecular flexibility index (Phi) is 4.94. The van der Waals surface area contributed by atoms with Crippen molar-refractivity contribution in [2.45, 2.75) is 13.3 Å². The number of hydrogen-bond acceptors (Lipinski definition) is 3. The molecule has 0 radical (unpaired) electrons. The fraction of sp³-hybridized carbons (Fsp3) is 0.200. The Bertz CT molecular complexity index is 629. The Balaban J connectivity index is 1.97. The molecule has 0 fully saturated rings. The van der Waals surface area contributed by atoms with E-state index in [4.69, 9.17) is 0 Å². The minimum Gasteiger partial charge on any atom is -0.385 e. The highest BCUT2D eigenvalue weighted by Crippen LogP contribution is 2.24. The van der Waals surface area contributed by atoms with Crippen LogP contribution < -0.4 is 5.32 Å². The van der Waals surface area contributed by atoms with E-state index in [0.29, 0.717) is 3.57 Å². The molecular formula is C15H15IN2O2. The van der Waals surface area contributed by atoms with Gasteiger partial charge in [0.15, 0.2) is 0 Å². The lowest BCUT2D eigenvalue weighted by Gasteiger charge is -2.09. The van der Waals surface area contributed by atoms with Crippen LogP contribution in [0.15, 0.2) is 42.5 Å². The zero-order valence-corrected chi connectivity index (χ0v) is 13.3. The van der Waals surface area contributed by atoms with Crippen molar-refractivity contribution in [2.24, 2.45) is 0 Å². The molecule has 5 heteroatoms. The lowest BCUT2D eigenvalue weighted by Crippen LogP contribution is -2.06. The summed E-state index contributed by atoms with van der Waals surface area (Å²) in [5, 5.41) is 14.0. The molecule has 2 aromatic carbocycles. The highest BCUT2D eigenvalue weighted by atomic mass is 127. The van der Waals surface area contributed by atoms with Crippen molar-refractivity contribution in [2.75, 3.05) is 11.9 Å². The SMILES string of the molecule is Cc1ccccc1CCNc1ccc([N+](=O)[O-])c(I)c1. The van der Waals surface area contributed by atoms with E-state index < -0.39 is 0 Å². The molecule has 20 heavy (non-hydrogen) atoms. The summed E-state index contributed by atoms with van der Waals surface area (Å²) < 4.78 is 0.647. The molecule has 4 nitrogen and oxygen atoms in total. The monoisotopic (exact) mass is 382 g/mol. The number of anilines is 1. The number of rotatable bonds is 5.